The smallest absolute Gasteiger partial charge is 0.228 e. The van der Waals surface area contributed by atoms with E-state index in [0.717, 1.165) is 31.6 Å². The summed E-state index contributed by atoms with van der Waals surface area (Å²) in [5, 5.41) is 3.47. The number of hydrogen-bond donors (Lipinski definition) is 1. The number of nitrogens with one attached hydrogen (secondary N) is 1. The normalized spacial score (nSPS) is 25.6. The van der Waals surface area contributed by atoms with Crippen molar-refractivity contribution >= 4 is 5.91 Å². The van der Waals surface area contributed by atoms with E-state index >= 15 is 0 Å². The number of fused-ring (bicyclic) bond motifs is 1. The first-order valence-corrected chi connectivity index (χ1v) is 11.0. The Hall–Kier alpha value is -2.13. The van der Waals surface area contributed by atoms with Crippen molar-refractivity contribution in [1.82, 2.24) is 10.2 Å². The average molecular weight is 391 g/mol. The Bertz CT molecular complexity index is 812. The van der Waals surface area contributed by atoms with Crippen molar-refractivity contribution in [2.45, 2.75) is 52.1 Å². The van der Waals surface area contributed by atoms with Crippen molar-refractivity contribution < 1.29 is 4.79 Å². The fraction of sp³-hybridized carbons (Fsp3) is 0.500. The van der Waals surface area contributed by atoms with Crippen LogP contribution < -0.4 is 5.32 Å². The summed E-state index contributed by atoms with van der Waals surface area (Å²) >= 11 is 0. The third-order valence-corrected chi connectivity index (χ3v) is 6.77. The SMILES string of the molecule is CC(C)(C)C(C(=O)NC1CCC2CN(Cc3ccccc3)CC21)c1ccccc1. The van der Waals surface area contributed by atoms with Gasteiger partial charge in [-0.1, -0.05) is 81.4 Å². The maximum Gasteiger partial charge on any atom is 0.228 e. The molecule has 154 valence electrons. The fourth-order valence-electron chi connectivity index (χ4n) is 5.46. The van der Waals surface area contributed by atoms with E-state index in [4.69, 9.17) is 0 Å². The fourth-order valence-corrected chi connectivity index (χ4v) is 5.46. The lowest BCUT2D eigenvalue weighted by atomic mass is 9.75. The van der Waals surface area contributed by atoms with Crippen molar-refractivity contribution in [1.29, 1.82) is 0 Å². The van der Waals surface area contributed by atoms with Crippen molar-refractivity contribution in [2.24, 2.45) is 17.3 Å². The summed E-state index contributed by atoms with van der Waals surface area (Å²) in [5.41, 5.74) is 2.38. The summed E-state index contributed by atoms with van der Waals surface area (Å²) in [7, 11) is 0. The maximum atomic E-state index is 13.4. The molecule has 4 atom stereocenters. The predicted octanol–water partition coefficient (Wildman–Crippen LogP) is 4.84. The van der Waals surface area contributed by atoms with Crippen LogP contribution in [0.3, 0.4) is 0 Å². The molecule has 1 amide bonds. The van der Waals surface area contributed by atoms with Crippen LogP contribution in [-0.2, 0) is 11.3 Å². The highest BCUT2D eigenvalue weighted by Gasteiger charge is 2.44. The van der Waals surface area contributed by atoms with Gasteiger partial charge >= 0.3 is 0 Å². The first-order valence-electron chi connectivity index (χ1n) is 11.0. The Morgan fingerprint density at radius 1 is 1.00 bits per heavy atom. The summed E-state index contributed by atoms with van der Waals surface area (Å²) in [6, 6.07) is 21.3. The van der Waals surface area contributed by atoms with Gasteiger partial charge in [0.2, 0.25) is 5.91 Å². The minimum Gasteiger partial charge on any atom is -0.352 e. The Morgan fingerprint density at radius 3 is 2.31 bits per heavy atom. The zero-order valence-corrected chi connectivity index (χ0v) is 18.0. The number of carbonyl (C=O) groups is 1. The molecule has 0 radical (unpaired) electrons. The molecular weight excluding hydrogens is 356 g/mol. The second-order valence-corrected chi connectivity index (χ2v) is 10.0. The molecule has 0 aromatic heterocycles. The quantitative estimate of drug-likeness (QED) is 0.792. The molecule has 3 nitrogen and oxygen atoms in total. The van der Waals surface area contributed by atoms with Gasteiger partial charge in [0.05, 0.1) is 5.92 Å². The molecule has 2 aliphatic rings. The third-order valence-electron chi connectivity index (χ3n) is 6.77. The van der Waals surface area contributed by atoms with Crippen molar-refractivity contribution in [3.05, 3.63) is 71.8 Å². The van der Waals surface area contributed by atoms with Gasteiger partial charge in [0.1, 0.15) is 0 Å². The molecule has 3 heteroatoms. The van der Waals surface area contributed by atoms with E-state index < -0.39 is 0 Å². The summed E-state index contributed by atoms with van der Waals surface area (Å²) in [4.78, 5) is 16.0. The molecule has 1 aliphatic heterocycles. The summed E-state index contributed by atoms with van der Waals surface area (Å²) in [6.45, 7) is 9.77. The number of likely N-dealkylation sites (tertiary alicyclic amines) is 1. The van der Waals surface area contributed by atoms with Crippen molar-refractivity contribution in [3.8, 4) is 0 Å². The highest BCUT2D eigenvalue weighted by Crippen LogP contribution is 2.40. The van der Waals surface area contributed by atoms with Gasteiger partial charge in [-0.2, -0.15) is 0 Å². The van der Waals surface area contributed by atoms with Crippen LogP contribution in [0.5, 0.6) is 0 Å². The zero-order valence-electron chi connectivity index (χ0n) is 18.0. The lowest BCUT2D eigenvalue weighted by Crippen LogP contribution is -2.44. The number of hydrogen-bond acceptors (Lipinski definition) is 2. The molecule has 2 fully saturated rings. The number of amides is 1. The summed E-state index contributed by atoms with van der Waals surface area (Å²) in [5.74, 6) is 1.37. The molecule has 29 heavy (non-hydrogen) atoms. The highest BCUT2D eigenvalue weighted by atomic mass is 16.2. The first kappa shape index (κ1) is 20.2. The molecule has 1 saturated carbocycles. The number of carbonyl (C=O) groups excluding carboxylic acids is 1. The molecule has 4 unspecified atom stereocenters. The topological polar surface area (TPSA) is 32.3 Å². The Kier molecular flexibility index (Phi) is 5.78. The number of benzene rings is 2. The molecule has 1 aliphatic carbocycles. The molecule has 0 bridgehead atoms. The highest BCUT2D eigenvalue weighted by molar-refractivity contribution is 5.84. The lowest BCUT2D eigenvalue weighted by Gasteiger charge is -2.32. The molecule has 1 heterocycles. The summed E-state index contributed by atoms with van der Waals surface area (Å²) in [6.07, 6.45) is 2.35. The van der Waals surface area contributed by atoms with E-state index in [9.17, 15) is 4.79 Å². The van der Waals surface area contributed by atoms with Crippen LogP contribution >= 0.6 is 0 Å². The minimum atomic E-state index is -0.121. The Balaban J connectivity index is 1.42. The van der Waals surface area contributed by atoms with Crippen LogP contribution in [0, 0.1) is 17.3 Å². The Labute approximate surface area is 175 Å². The van der Waals surface area contributed by atoms with Gasteiger partial charge in [0, 0.05) is 25.7 Å². The number of rotatable bonds is 5. The van der Waals surface area contributed by atoms with E-state index in [2.05, 4.69) is 73.5 Å². The molecule has 2 aromatic carbocycles. The first-order chi connectivity index (χ1) is 13.9. The average Bonchev–Trinajstić information content (AvgIpc) is 3.24. The van der Waals surface area contributed by atoms with E-state index in [0.29, 0.717) is 17.9 Å². The van der Waals surface area contributed by atoms with Crippen LogP contribution in [0.25, 0.3) is 0 Å². The molecule has 1 N–H and O–H groups in total. The van der Waals surface area contributed by atoms with E-state index in [1.807, 2.05) is 18.2 Å². The van der Waals surface area contributed by atoms with Gasteiger partial charge in [-0.05, 0) is 41.2 Å². The monoisotopic (exact) mass is 390 g/mol. The van der Waals surface area contributed by atoms with Gasteiger partial charge in [-0.3, -0.25) is 9.69 Å². The second kappa shape index (κ2) is 8.31. The molecule has 4 rings (SSSR count). The van der Waals surface area contributed by atoms with Gasteiger partial charge in [0.25, 0.3) is 0 Å². The third kappa shape index (κ3) is 4.56. The summed E-state index contributed by atoms with van der Waals surface area (Å²) < 4.78 is 0. The largest absolute Gasteiger partial charge is 0.352 e. The van der Waals surface area contributed by atoms with Gasteiger partial charge in [-0.25, -0.2) is 0 Å². The lowest BCUT2D eigenvalue weighted by molar-refractivity contribution is -0.125. The van der Waals surface area contributed by atoms with Crippen LogP contribution in [0.2, 0.25) is 0 Å². The second-order valence-electron chi connectivity index (χ2n) is 10.0. The van der Waals surface area contributed by atoms with Gasteiger partial charge in [-0.15, -0.1) is 0 Å². The van der Waals surface area contributed by atoms with E-state index in [-0.39, 0.29) is 17.2 Å². The predicted molar refractivity (Wildman–Crippen MR) is 119 cm³/mol. The van der Waals surface area contributed by atoms with Crippen molar-refractivity contribution in [2.75, 3.05) is 13.1 Å². The van der Waals surface area contributed by atoms with Crippen LogP contribution in [0.4, 0.5) is 0 Å². The van der Waals surface area contributed by atoms with E-state index in [1.54, 1.807) is 0 Å². The van der Waals surface area contributed by atoms with Crippen molar-refractivity contribution in [3.63, 3.8) is 0 Å². The molecule has 1 saturated heterocycles. The standard InChI is InChI=1S/C26H34N2O/c1-26(2,3)24(20-12-8-5-9-13-20)25(29)27-23-15-14-21-17-28(18-22(21)23)16-19-10-6-4-7-11-19/h4-13,21-24H,14-18H2,1-3H3,(H,27,29). The van der Waals surface area contributed by atoms with Crippen LogP contribution in [-0.4, -0.2) is 29.9 Å². The van der Waals surface area contributed by atoms with Gasteiger partial charge in [0.15, 0.2) is 0 Å². The molecular formula is C26H34N2O. The molecule has 2 aromatic rings. The van der Waals surface area contributed by atoms with E-state index in [1.165, 1.54) is 12.0 Å². The maximum absolute atomic E-state index is 13.4. The molecule has 0 spiro atoms. The zero-order chi connectivity index (χ0) is 20.4. The van der Waals surface area contributed by atoms with Crippen LogP contribution in [0.1, 0.15) is 50.7 Å². The minimum absolute atomic E-state index is 0.113. The van der Waals surface area contributed by atoms with Crippen LogP contribution in [0.15, 0.2) is 60.7 Å². The van der Waals surface area contributed by atoms with Gasteiger partial charge < -0.3 is 5.32 Å². The Morgan fingerprint density at radius 2 is 1.66 bits per heavy atom. The number of nitrogens with zero attached hydrogens (tertiary/aromatic N) is 1.